The van der Waals surface area contributed by atoms with Crippen LogP contribution in [-0.4, -0.2) is 25.9 Å². The first-order chi connectivity index (χ1) is 6.10. The van der Waals surface area contributed by atoms with E-state index in [0.29, 0.717) is 6.42 Å². The monoisotopic (exact) mass is 192 g/mol. The minimum absolute atomic E-state index is 0.129. The Morgan fingerprint density at radius 1 is 1.69 bits per heavy atom. The molecule has 0 saturated carbocycles. The minimum Gasteiger partial charge on any atom is -0.377 e. The van der Waals surface area contributed by atoms with Crippen LogP contribution >= 0.6 is 0 Å². The molecule has 2 nitrogen and oxygen atoms in total. The van der Waals surface area contributed by atoms with Gasteiger partial charge in [0.1, 0.15) is 0 Å². The zero-order valence-electron chi connectivity index (χ0n) is 7.80. The van der Waals surface area contributed by atoms with E-state index < -0.39 is 12.0 Å². The molecule has 0 N–H and O–H groups in total. The predicted octanol–water partition coefficient (Wildman–Crippen LogP) is 2.21. The second-order valence-corrected chi connectivity index (χ2v) is 3.11. The predicted molar refractivity (Wildman–Crippen MR) is 44.6 cm³/mol. The Balaban J connectivity index is 2.38. The second-order valence-electron chi connectivity index (χ2n) is 3.11. The van der Waals surface area contributed by atoms with Crippen molar-refractivity contribution in [3.05, 3.63) is 12.2 Å². The van der Waals surface area contributed by atoms with Crippen molar-refractivity contribution >= 4 is 0 Å². The second kappa shape index (κ2) is 4.15. The van der Waals surface area contributed by atoms with Gasteiger partial charge < -0.3 is 9.47 Å². The number of ether oxygens (including phenoxy) is 2. The molecule has 2 atom stereocenters. The van der Waals surface area contributed by atoms with E-state index in [2.05, 4.69) is 4.74 Å². The van der Waals surface area contributed by atoms with Crippen molar-refractivity contribution in [1.82, 2.24) is 0 Å². The summed E-state index contributed by atoms with van der Waals surface area (Å²) in [4.78, 5) is 0. The van der Waals surface area contributed by atoms with Gasteiger partial charge in [0, 0.05) is 7.11 Å². The van der Waals surface area contributed by atoms with E-state index in [0.717, 1.165) is 0 Å². The quantitative estimate of drug-likeness (QED) is 0.636. The lowest BCUT2D eigenvalue weighted by molar-refractivity contribution is -0.360. The first-order valence-corrected chi connectivity index (χ1v) is 4.27. The molecule has 0 spiro atoms. The van der Waals surface area contributed by atoms with E-state index in [1.54, 1.807) is 12.2 Å². The van der Waals surface area contributed by atoms with E-state index in [1.165, 1.54) is 7.11 Å². The summed E-state index contributed by atoms with van der Waals surface area (Å²) in [7, 11) is 1.52. The molecule has 1 rings (SSSR count). The molecule has 1 aliphatic heterocycles. The minimum atomic E-state index is -2.95. The van der Waals surface area contributed by atoms with Gasteiger partial charge in [-0.05, 0) is 13.3 Å². The van der Waals surface area contributed by atoms with Crippen LogP contribution in [0.2, 0.25) is 0 Å². The first-order valence-electron chi connectivity index (χ1n) is 4.27. The van der Waals surface area contributed by atoms with Gasteiger partial charge in [0.2, 0.25) is 0 Å². The molecule has 4 heteroatoms. The largest absolute Gasteiger partial charge is 0.377 e. The Kier molecular flexibility index (Phi) is 3.39. The summed E-state index contributed by atoms with van der Waals surface area (Å²) in [6, 6.07) is 0. The maximum Gasteiger partial charge on any atom is 0.360 e. The third-order valence-electron chi connectivity index (χ3n) is 2.18. The topological polar surface area (TPSA) is 18.5 Å². The fourth-order valence-electron chi connectivity index (χ4n) is 1.28. The average Bonchev–Trinajstić information content (AvgIpc) is 2.10. The summed E-state index contributed by atoms with van der Waals surface area (Å²) >= 11 is 0. The van der Waals surface area contributed by atoms with Crippen LogP contribution < -0.4 is 0 Å². The van der Waals surface area contributed by atoms with Crippen molar-refractivity contribution in [1.29, 1.82) is 0 Å². The normalized spacial score (nSPS) is 28.8. The third kappa shape index (κ3) is 2.48. The molecular weight excluding hydrogens is 178 g/mol. The summed E-state index contributed by atoms with van der Waals surface area (Å²) in [6.45, 7) is 1.96. The highest BCUT2D eigenvalue weighted by atomic mass is 19.3. The van der Waals surface area contributed by atoms with Gasteiger partial charge in [-0.25, -0.2) is 0 Å². The molecule has 0 amide bonds. The van der Waals surface area contributed by atoms with Crippen molar-refractivity contribution in [2.45, 2.75) is 25.6 Å². The first kappa shape index (κ1) is 10.6. The lowest BCUT2D eigenvalue weighted by atomic mass is 9.97. The van der Waals surface area contributed by atoms with Gasteiger partial charge in [-0.1, -0.05) is 12.2 Å². The Hall–Kier alpha value is -0.480. The molecule has 13 heavy (non-hydrogen) atoms. The number of halogens is 2. The van der Waals surface area contributed by atoms with E-state index >= 15 is 0 Å². The summed E-state index contributed by atoms with van der Waals surface area (Å²) in [5.74, 6) is -0.700. The molecule has 1 heterocycles. The zero-order valence-corrected chi connectivity index (χ0v) is 7.80. The van der Waals surface area contributed by atoms with Crippen LogP contribution in [-0.2, 0) is 9.47 Å². The number of rotatable bonds is 4. The lowest BCUT2D eigenvalue weighted by Gasteiger charge is -2.37. The van der Waals surface area contributed by atoms with Crippen LogP contribution in [0.5, 0.6) is 0 Å². The van der Waals surface area contributed by atoms with E-state index in [1.807, 2.05) is 6.92 Å². The lowest BCUT2D eigenvalue weighted by Crippen LogP contribution is -2.47. The average molecular weight is 192 g/mol. The van der Waals surface area contributed by atoms with Crippen LogP contribution in [0.15, 0.2) is 12.2 Å². The molecule has 0 aromatic rings. The molecule has 1 saturated heterocycles. The fraction of sp³-hybridized carbons (Fsp3) is 0.778. The maximum atomic E-state index is 12.6. The standard InChI is InChI=1S/C9H14F2O2/c1-3-4-8(12-2)5-7-6-13-9(7,10)11/h3-4,7-8H,5-6H2,1-2H3. The van der Waals surface area contributed by atoms with Gasteiger partial charge in [-0.3, -0.25) is 0 Å². The number of allylic oxidation sites excluding steroid dienone is 1. The van der Waals surface area contributed by atoms with E-state index in [4.69, 9.17) is 4.74 Å². The zero-order chi connectivity index (χ0) is 9.90. The smallest absolute Gasteiger partial charge is 0.360 e. The molecule has 0 radical (unpaired) electrons. The van der Waals surface area contributed by atoms with Crippen LogP contribution in [0, 0.1) is 5.92 Å². The van der Waals surface area contributed by atoms with Crippen LogP contribution in [0.1, 0.15) is 13.3 Å². The van der Waals surface area contributed by atoms with E-state index in [9.17, 15) is 8.78 Å². The summed E-state index contributed by atoms with van der Waals surface area (Å²) in [5, 5.41) is 0. The molecule has 2 unspecified atom stereocenters. The van der Waals surface area contributed by atoms with Gasteiger partial charge in [-0.15, -0.1) is 0 Å². The van der Waals surface area contributed by atoms with Crippen LogP contribution in [0.25, 0.3) is 0 Å². The van der Waals surface area contributed by atoms with Crippen molar-refractivity contribution in [2.24, 2.45) is 5.92 Å². The van der Waals surface area contributed by atoms with Gasteiger partial charge in [0.05, 0.1) is 18.6 Å². The maximum absolute atomic E-state index is 12.6. The highest BCUT2D eigenvalue weighted by Gasteiger charge is 2.50. The molecule has 0 aromatic carbocycles. The number of hydrogen-bond acceptors (Lipinski definition) is 2. The summed E-state index contributed by atoms with van der Waals surface area (Å²) < 4.78 is 34.4. The molecule has 1 aliphatic rings. The Morgan fingerprint density at radius 3 is 2.69 bits per heavy atom. The Bertz CT molecular complexity index is 192. The van der Waals surface area contributed by atoms with Crippen molar-refractivity contribution < 1.29 is 18.3 Å². The van der Waals surface area contributed by atoms with Crippen molar-refractivity contribution in [2.75, 3.05) is 13.7 Å². The van der Waals surface area contributed by atoms with Gasteiger partial charge >= 0.3 is 6.11 Å². The molecule has 0 aliphatic carbocycles. The number of alkyl halides is 2. The molecule has 1 fully saturated rings. The Labute approximate surface area is 76.5 Å². The van der Waals surface area contributed by atoms with Crippen molar-refractivity contribution in [3.8, 4) is 0 Å². The number of methoxy groups -OCH3 is 1. The molecule has 76 valence electrons. The van der Waals surface area contributed by atoms with Crippen molar-refractivity contribution in [3.63, 3.8) is 0 Å². The highest BCUT2D eigenvalue weighted by Crippen LogP contribution is 2.39. The van der Waals surface area contributed by atoms with Crippen LogP contribution in [0.3, 0.4) is 0 Å². The third-order valence-corrected chi connectivity index (χ3v) is 2.18. The van der Waals surface area contributed by atoms with Gasteiger partial charge in [0.25, 0.3) is 0 Å². The van der Waals surface area contributed by atoms with E-state index in [-0.39, 0.29) is 12.7 Å². The number of hydrogen-bond donors (Lipinski definition) is 0. The SMILES string of the molecule is CC=CC(CC1COC1(F)F)OC. The highest BCUT2D eigenvalue weighted by molar-refractivity contribution is 4.91. The fourth-order valence-corrected chi connectivity index (χ4v) is 1.28. The summed E-state index contributed by atoms with van der Waals surface area (Å²) in [6.07, 6.45) is 0.705. The Morgan fingerprint density at radius 2 is 2.38 bits per heavy atom. The summed E-state index contributed by atoms with van der Waals surface area (Å²) in [5.41, 5.74) is 0. The van der Waals surface area contributed by atoms with Gasteiger partial charge in [0.15, 0.2) is 0 Å². The van der Waals surface area contributed by atoms with Crippen LogP contribution in [0.4, 0.5) is 8.78 Å². The molecular formula is C9H14F2O2. The van der Waals surface area contributed by atoms with Gasteiger partial charge in [-0.2, -0.15) is 8.78 Å². The molecule has 0 aromatic heterocycles. The molecule has 0 bridgehead atoms.